The van der Waals surface area contributed by atoms with Gasteiger partial charge in [0.05, 0.1) is 18.6 Å². The van der Waals surface area contributed by atoms with E-state index in [0.717, 1.165) is 4.88 Å². The zero-order valence-corrected chi connectivity index (χ0v) is 14.2. The quantitative estimate of drug-likeness (QED) is 0.823. The summed E-state index contributed by atoms with van der Waals surface area (Å²) in [6, 6.07) is 3.89. The summed E-state index contributed by atoms with van der Waals surface area (Å²) in [7, 11) is 1.61. The second-order valence-electron chi connectivity index (χ2n) is 5.29. The molecule has 0 aromatic carbocycles. The molecule has 2 amide bonds. The Kier molecular flexibility index (Phi) is 7.28. The molecule has 3 N–H and O–H groups in total. The Bertz CT molecular complexity index is 490. The van der Waals surface area contributed by atoms with Crippen LogP contribution in [0.1, 0.15) is 17.7 Å². The summed E-state index contributed by atoms with van der Waals surface area (Å²) < 4.78 is 5.23. The Hall–Kier alpha value is -1.15. The highest BCUT2D eigenvalue weighted by molar-refractivity contribution is 7.09. The number of carbonyl (C=O) groups excluding carboxylic acids is 2. The van der Waals surface area contributed by atoms with Gasteiger partial charge in [-0.25, -0.2) is 0 Å². The molecule has 22 heavy (non-hydrogen) atoms. The lowest BCUT2D eigenvalue weighted by Gasteiger charge is -2.35. The van der Waals surface area contributed by atoms with Crippen LogP contribution >= 0.6 is 23.7 Å². The van der Waals surface area contributed by atoms with Gasteiger partial charge in [0.1, 0.15) is 0 Å². The number of nitrogens with one attached hydrogen (secondary N) is 1. The molecule has 0 atom stereocenters. The Morgan fingerprint density at radius 3 is 2.73 bits per heavy atom. The van der Waals surface area contributed by atoms with Crippen molar-refractivity contribution in [2.75, 3.05) is 26.8 Å². The van der Waals surface area contributed by atoms with Gasteiger partial charge in [0.25, 0.3) is 0 Å². The van der Waals surface area contributed by atoms with Crippen molar-refractivity contribution >= 4 is 35.6 Å². The fourth-order valence-corrected chi connectivity index (χ4v) is 2.92. The summed E-state index contributed by atoms with van der Waals surface area (Å²) in [5.41, 5.74) is 5.23. The van der Waals surface area contributed by atoms with Crippen molar-refractivity contribution in [1.29, 1.82) is 0 Å². The standard InChI is InChI=1S/C14H21N3O3S.ClH/c1-17(13(19)14(15)4-6-20-7-5-14)10-12(18)16-9-11-3-2-8-21-11;/h2-3,8H,4-7,9-10,15H2,1H3,(H,16,18);1H. The van der Waals surface area contributed by atoms with E-state index in [0.29, 0.717) is 32.6 Å². The highest BCUT2D eigenvalue weighted by Gasteiger charge is 2.38. The van der Waals surface area contributed by atoms with Crippen LogP contribution in [0.3, 0.4) is 0 Å². The monoisotopic (exact) mass is 347 g/mol. The molecule has 1 aliphatic heterocycles. The first-order valence-electron chi connectivity index (χ1n) is 6.92. The zero-order valence-electron chi connectivity index (χ0n) is 12.5. The third-order valence-corrected chi connectivity index (χ3v) is 4.45. The molecule has 0 bridgehead atoms. The third-order valence-electron chi connectivity index (χ3n) is 3.58. The molecule has 1 aromatic rings. The summed E-state index contributed by atoms with van der Waals surface area (Å²) in [4.78, 5) is 26.7. The molecule has 0 spiro atoms. The van der Waals surface area contributed by atoms with Crippen LogP contribution in [0.25, 0.3) is 0 Å². The molecule has 0 aliphatic carbocycles. The number of ether oxygens (including phenoxy) is 1. The van der Waals surface area contributed by atoms with E-state index >= 15 is 0 Å². The minimum absolute atomic E-state index is 0. The fraction of sp³-hybridized carbons (Fsp3) is 0.571. The van der Waals surface area contributed by atoms with Crippen molar-refractivity contribution in [2.24, 2.45) is 5.73 Å². The van der Waals surface area contributed by atoms with E-state index in [2.05, 4.69) is 5.32 Å². The van der Waals surface area contributed by atoms with Crippen LogP contribution in [0.2, 0.25) is 0 Å². The first-order valence-corrected chi connectivity index (χ1v) is 7.80. The number of amides is 2. The van der Waals surface area contributed by atoms with Gasteiger partial charge in [0, 0.05) is 25.1 Å². The lowest BCUT2D eigenvalue weighted by molar-refractivity contribution is -0.142. The fourth-order valence-electron chi connectivity index (χ4n) is 2.27. The van der Waals surface area contributed by atoms with Crippen LogP contribution in [0.5, 0.6) is 0 Å². The van der Waals surface area contributed by atoms with Gasteiger partial charge in [0.2, 0.25) is 11.8 Å². The van der Waals surface area contributed by atoms with E-state index in [1.807, 2.05) is 17.5 Å². The van der Waals surface area contributed by atoms with Crippen molar-refractivity contribution < 1.29 is 14.3 Å². The number of hydrogen-bond acceptors (Lipinski definition) is 5. The average molecular weight is 348 g/mol. The number of thiophene rings is 1. The lowest BCUT2D eigenvalue weighted by Crippen LogP contribution is -2.58. The van der Waals surface area contributed by atoms with Crippen molar-refractivity contribution in [3.05, 3.63) is 22.4 Å². The largest absolute Gasteiger partial charge is 0.381 e. The number of rotatable bonds is 5. The molecule has 8 heteroatoms. The van der Waals surface area contributed by atoms with E-state index in [1.165, 1.54) is 4.90 Å². The molecule has 1 aliphatic rings. The predicted molar refractivity (Wildman–Crippen MR) is 88.0 cm³/mol. The maximum Gasteiger partial charge on any atom is 0.243 e. The summed E-state index contributed by atoms with van der Waals surface area (Å²) >= 11 is 1.58. The lowest BCUT2D eigenvalue weighted by atomic mass is 9.90. The van der Waals surface area contributed by atoms with Gasteiger partial charge in [-0.1, -0.05) is 6.07 Å². The van der Waals surface area contributed by atoms with E-state index in [4.69, 9.17) is 10.5 Å². The van der Waals surface area contributed by atoms with E-state index in [9.17, 15) is 9.59 Å². The van der Waals surface area contributed by atoms with Gasteiger partial charge < -0.3 is 20.7 Å². The molecule has 124 valence electrons. The van der Waals surface area contributed by atoms with E-state index < -0.39 is 5.54 Å². The van der Waals surface area contributed by atoms with Gasteiger partial charge in [0.15, 0.2) is 0 Å². The molecular weight excluding hydrogens is 326 g/mol. The summed E-state index contributed by atoms with van der Waals surface area (Å²) in [6.45, 7) is 1.48. The second kappa shape index (κ2) is 8.47. The van der Waals surface area contributed by atoms with Crippen LogP contribution < -0.4 is 11.1 Å². The summed E-state index contributed by atoms with van der Waals surface area (Å²) in [6.07, 6.45) is 0.986. The molecule has 0 radical (unpaired) electrons. The maximum absolute atomic E-state index is 12.4. The molecule has 6 nitrogen and oxygen atoms in total. The third kappa shape index (κ3) is 4.95. The van der Waals surface area contributed by atoms with Gasteiger partial charge in [-0.05, 0) is 24.3 Å². The Morgan fingerprint density at radius 1 is 1.45 bits per heavy atom. The molecule has 2 heterocycles. The van der Waals surface area contributed by atoms with E-state index in [1.54, 1.807) is 18.4 Å². The molecule has 0 unspecified atom stereocenters. The van der Waals surface area contributed by atoms with E-state index in [-0.39, 0.29) is 30.8 Å². The van der Waals surface area contributed by atoms with Crippen LogP contribution in [-0.4, -0.2) is 49.1 Å². The van der Waals surface area contributed by atoms with Gasteiger partial charge >= 0.3 is 0 Å². The number of halogens is 1. The first-order chi connectivity index (χ1) is 10.0. The van der Waals surface area contributed by atoms with Gasteiger partial charge in [-0.15, -0.1) is 23.7 Å². The van der Waals surface area contributed by atoms with Gasteiger partial charge in [-0.3, -0.25) is 9.59 Å². The molecule has 1 saturated heterocycles. The Morgan fingerprint density at radius 2 is 2.14 bits per heavy atom. The number of hydrogen-bond donors (Lipinski definition) is 2. The average Bonchev–Trinajstić information content (AvgIpc) is 2.98. The Labute approximate surface area is 140 Å². The molecule has 1 fully saturated rings. The van der Waals surface area contributed by atoms with Crippen molar-refractivity contribution in [2.45, 2.75) is 24.9 Å². The van der Waals surface area contributed by atoms with Crippen LogP contribution in [-0.2, 0) is 20.9 Å². The smallest absolute Gasteiger partial charge is 0.243 e. The summed E-state index contributed by atoms with van der Waals surface area (Å²) in [5.74, 6) is -0.382. The number of nitrogens with two attached hydrogens (primary N) is 1. The van der Waals surface area contributed by atoms with Crippen molar-refractivity contribution in [3.63, 3.8) is 0 Å². The highest BCUT2D eigenvalue weighted by atomic mass is 35.5. The molecule has 1 aromatic heterocycles. The number of nitrogens with zero attached hydrogens (tertiary/aromatic N) is 1. The number of likely N-dealkylation sites (N-methyl/N-ethyl adjacent to an activating group) is 1. The minimum atomic E-state index is -0.902. The first kappa shape index (κ1) is 18.9. The molecular formula is C14H22ClN3O3S. The zero-order chi connectivity index (χ0) is 15.3. The van der Waals surface area contributed by atoms with Crippen LogP contribution in [0.4, 0.5) is 0 Å². The SMILES string of the molecule is CN(CC(=O)NCc1cccs1)C(=O)C1(N)CCOCC1.Cl. The highest BCUT2D eigenvalue weighted by Crippen LogP contribution is 2.19. The Balaban J connectivity index is 0.00000242. The molecule has 2 rings (SSSR count). The van der Waals surface area contributed by atoms with Gasteiger partial charge in [-0.2, -0.15) is 0 Å². The van der Waals surface area contributed by atoms with Crippen LogP contribution in [0, 0.1) is 0 Å². The van der Waals surface area contributed by atoms with Crippen molar-refractivity contribution in [1.82, 2.24) is 10.2 Å². The van der Waals surface area contributed by atoms with Crippen LogP contribution in [0.15, 0.2) is 17.5 Å². The minimum Gasteiger partial charge on any atom is -0.381 e. The molecule has 0 saturated carbocycles. The second-order valence-corrected chi connectivity index (χ2v) is 6.32. The maximum atomic E-state index is 12.4. The predicted octanol–water partition coefficient (Wildman–Crippen LogP) is 0.752. The topological polar surface area (TPSA) is 84.7 Å². The normalized spacial score (nSPS) is 16.5. The summed E-state index contributed by atoms with van der Waals surface area (Å²) in [5, 5.41) is 4.76. The van der Waals surface area contributed by atoms with Crippen molar-refractivity contribution in [3.8, 4) is 0 Å². The number of carbonyl (C=O) groups is 2.